The standard InChI is InChI=1S/C15H18F3NO3S/c16-15(17,18)9-10(12(20)21)19-13(22)14(6-2-1-3-7-14)11-5-4-8-23-11/h4-5,8,10H,1-3,6-7,9H2,(H,19,22)(H,20,21). The van der Waals surface area contributed by atoms with Crippen molar-refractivity contribution in [2.24, 2.45) is 0 Å². The molecule has 1 heterocycles. The number of halogens is 3. The molecule has 23 heavy (non-hydrogen) atoms. The summed E-state index contributed by atoms with van der Waals surface area (Å²) in [6.45, 7) is 0. The molecular formula is C15H18F3NO3S. The van der Waals surface area contributed by atoms with Crippen LogP contribution < -0.4 is 5.32 Å². The lowest BCUT2D eigenvalue weighted by Crippen LogP contribution is -2.52. The third-order valence-electron chi connectivity index (χ3n) is 4.17. The Hall–Kier alpha value is -1.57. The Morgan fingerprint density at radius 3 is 2.43 bits per heavy atom. The van der Waals surface area contributed by atoms with Gasteiger partial charge in [0.25, 0.3) is 0 Å². The van der Waals surface area contributed by atoms with E-state index < -0.39 is 35.9 Å². The third-order valence-corrected chi connectivity index (χ3v) is 5.25. The Labute approximate surface area is 135 Å². The van der Waals surface area contributed by atoms with E-state index in [4.69, 9.17) is 5.11 Å². The van der Waals surface area contributed by atoms with Crippen molar-refractivity contribution < 1.29 is 27.9 Å². The first kappa shape index (κ1) is 17.8. The zero-order valence-electron chi connectivity index (χ0n) is 12.4. The summed E-state index contributed by atoms with van der Waals surface area (Å²) in [6, 6.07) is 1.62. The quantitative estimate of drug-likeness (QED) is 0.855. The molecule has 0 spiro atoms. The number of hydrogen-bond donors (Lipinski definition) is 2. The largest absolute Gasteiger partial charge is 0.480 e. The van der Waals surface area contributed by atoms with Gasteiger partial charge in [-0.1, -0.05) is 25.3 Å². The van der Waals surface area contributed by atoms with Gasteiger partial charge in [-0.15, -0.1) is 11.3 Å². The molecule has 2 rings (SSSR count). The van der Waals surface area contributed by atoms with Crippen molar-refractivity contribution in [3.05, 3.63) is 22.4 Å². The number of carbonyl (C=O) groups is 2. The molecule has 1 aliphatic carbocycles. The van der Waals surface area contributed by atoms with Crippen LogP contribution in [0.1, 0.15) is 43.4 Å². The highest BCUT2D eigenvalue weighted by Crippen LogP contribution is 2.42. The molecule has 1 unspecified atom stereocenters. The maximum atomic E-state index is 12.7. The first-order valence-corrected chi connectivity index (χ1v) is 8.27. The molecule has 0 aliphatic heterocycles. The lowest BCUT2D eigenvalue weighted by molar-refractivity contribution is -0.160. The van der Waals surface area contributed by atoms with Crippen LogP contribution in [0.15, 0.2) is 17.5 Å². The number of carboxylic acids is 1. The normalized spacial score (nSPS) is 19.1. The van der Waals surface area contributed by atoms with E-state index in [1.54, 1.807) is 12.1 Å². The molecule has 0 bridgehead atoms. The topological polar surface area (TPSA) is 66.4 Å². The van der Waals surface area contributed by atoms with Gasteiger partial charge < -0.3 is 10.4 Å². The van der Waals surface area contributed by atoms with Crippen LogP contribution in [0.2, 0.25) is 0 Å². The molecule has 1 fully saturated rings. The van der Waals surface area contributed by atoms with Crippen molar-refractivity contribution in [1.29, 1.82) is 0 Å². The second-order valence-electron chi connectivity index (χ2n) is 5.80. The Kier molecular flexibility index (Phi) is 5.33. The minimum absolute atomic E-state index is 0.525. The maximum Gasteiger partial charge on any atom is 0.391 e. The SMILES string of the molecule is O=C(O)C(CC(F)(F)F)NC(=O)C1(c2cccs2)CCCCC1. The fourth-order valence-electron chi connectivity index (χ4n) is 3.02. The lowest BCUT2D eigenvalue weighted by Gasteiger charge is -2.36. The average molecular weight is 349 g/mol. The molecule has 1 saturated carbocycles. The molecule has 128 valence electrons. The number of hydrogen-bond acceptors (Lipinski definition) is 3. The zero-order valence-corrected chi connectivity index (χ0v) is 13.2. The van der Waals surface area contributed by atoms with E-state index in [2.05, 4.69) is 5.32 Å². The van der Waals surface area contributed by atoms with Gasteiger partial charge in [-0.2, -0.15) is 13.2 Å². The van der Waals surface area contributed by atoms with E-state index >= 15 is 0 Å². The molecule has 1 aromatic rings. The van der Waals surface area contributed by atoms with E-state index in [0.29, 0.717) is 12.8 Å². The van der Waals surface area contributed by atoms with Crippen LogP contribution in [0.3, 0.4) is 0 Å². The van der Waals surface area contributed by atoms with Gasteiger partial charge in [-0.25, -0.2) is 4.79 Å². The lowest BCUT2D eigenvalue weighted by atomic mass is 9.72. The van der Waals surface area contributed by atoms with Crippen molar-refractivity contribution in [2.45, 2.75) is 56.2 Å². The molecule has 1 aromatic heterocycles. The molecule has 1 amide bonds. The highest BCUT2D eigenvalue weighted by atomic mass is 32.1. The number of aliphatic carboxylic acids is 1. The smallest absolute Gasteiger partial charge is 0.391 e. The summed E-state index contributed by atoms with van der Waals surface area (Å²) in [7, 11) is 0. The molecule has 4 nitrogen and oxygen atoms in total. The van der Waals surface area contributed by atoms with Crippen molar-refractivity contribution in [2.75, 3.05) is 0 Å². The summed E-state index contributed by atoms with van der Waals surface area (Å²) >= 11 is 1.37. The Morgan fingerprint density at radius 1 is 1.30 bits per heavy atom. The van der Waals surface area contributed by atoms with E-state index in [1.165, 1.54) is 11.3 Å². The fraction of sp³-hybridized carbons (Fsp3) is 0.600. The highest BCUT2D eigenvalue weighted by Gasteiger charge is 2.45. The number of thiophene rings is 1. The minimum Gasteiger partial charge on any atom is -0.480 e. The number of rotatable bonds is 5. The molecule has 1 aliphatic rings. The van der Waals surface area contributed by atoms with Gasteiger partial charge in [0.1, 0.15) is 6.04 Å². The minimum atomic E-state index is -4.65. The molecular weight excluding hydrogens is 331 g/mol. The van der Waals surface area contributed by atoms with Crippen LogP contribution in [0, 0.1) is 0 Å². The van der Waals surface area contributed by atoms with Crippen LogP contribution >= 0.6 is 11.3 Å². The number of nitrogens with one attached hydrogen (secondary N) is 1. The van der Waals surface area contributed by atoms with Crippen LogP contribution in [0.5, 0.6) is 0 Å². The molecule has 0 saturated heterocycles. The van der Waals surface area contributed by atoms with Gasteiger partial charge in [0.2, 0.25) is 5.91 Å². The van der Waals surface area contributed by atoms with Crippen LogP contribution in [0.25, 0.3) is 0 Å². The second kappa shape index (κ2) is 6.90. The average Bonchev–Trinajstić information content (AvgIpc) is 3.00. The Bertz CT molecular complexity index is 551. The van der Waals surface area contributed by atoms with Crippen LogP contribution in [0.4, 0.5) is 13.2 Å². The Balaban J connectivity index is 2.22. The van der Waals surface area contributed by atoms with Gasteiger partial charge in [-0.05, 0) is 24.3 Å². The number of carboxylic acid groups (broad SMARTS) is 1. The zero-order chi connectivity index (χ0) is 17.1. The summed E-state index contributed by atoms with van der Waals surface area (Å²) in [6.07, 6.45) is -2.63. The summed E-state index contributed by atoms with van der Waals surface area (Å²) in [5, 5.41) is 12.9. The van der Waals surface area contributed by atoms with Gasteiger partial charge in [0.05, 0.1) is 11.8 Å². The monoisotopic (exact) mass is 349 g/mol. The number of amides is 1. The first-order valence-electron chi connectivity index (χ1n) is 7.39. The summed E-state index contributed by atoms with van der Waals surface area (Å²) < 4.78 is 37.5. The molecule has 8 heteroatoms. The Morgan fingerprint density at radius 2 is 1.96 bits per heavy atom. The van der Waals surface area contributed by atoms with Crippen molar-refractivity contribution in [3.63, 3.8) is 0 Å². The van der Waals surface area contributed by atoms with E-state index in [9.17, 15) is 22.8 Å². The van der Waals surface area contributed by atoms with Crippen molar-refractivity contribution in [1.82, 2.24) is 5.32 Å². The maximum absolute atomic E-state index is 12.7. The fourth-order valence-corrected chi connectivity index (χ4v) is 4.00. The van der Waals surface area contributed by atoms with Gasteiger partial charge in [-0.3, -0.25) is 4.79 Å². The summed E-state index contributed by atoms with van der Waals surface area (Å²) in [4.78, 5) is 24.5. The van der Waals surface area contributed by atoms with Crippen molar-refractivity contribution >= 4 is 23.2 Å². The first-order chi connectivity index (χ1) is 10.7. The summed E-state index contributed by atoms with van der Waals surface area (Å²) in [5.41, 5.74) is -0.911. The third kappa shape index (κ3) is 4.25. The van der Waals surface area contributed by atoms with E-state index in [0.717, 1.165) is 24.1 Å². The molecule has 0 radical (unpaired) electrons. The highest BCUT2D eigenvalue weighted by molar-refractivity contribution is 7.10. The van der Waals surface area contributed by atoms with Crippen LogP contribution in [-0.4, -0.2) is 29.2 Å². The van der Waals surface area contributed by atoms with Gasteiger partial charge in [0, 0.05) is 4.88 Å². The molecule has 1 atom stereocenters. The molecule has 2 N–H and O–H groups in total. The van der Waals surface area contributed by atoms with Gasteiger partial charge in [0.15, 0.2) is 0 Å². The number of alkyl halides is 3. The van der Waals surface area contributed by atoms with E-state index in [1.807, 2.05) is 5.38 Å². The van der Waals surface area contributed by atoms with Crippen LogP contribution in [-0.2, 0) is 15.0 Å². The predicted octanol–water partition coefficient (Wildman–Crippen LogP) is 3.47. The van der Waals surface area contributed by atoms with E-state index in [-0.39, 0.29) is 0 Å². The summed E-state index contributed by atoms with van der Waals surface area (Å²) in [5.74, 6) is -2.29. The number of carbonyl (C=O) groups excluding carboxylic acids is 1. The van der Waals surface area contributed by atoms with Gasteiger partial charge >= 0.3 is 12.1 Å². The predicted molar refractivity (Wildman–Crippen MR) is 79.3 cm³/mol. The molecule has 0 aromatic carbocycles. The van der Waals surface area contributed by atoms with Crippen molar-refractivity contribution in [3.8, 4) is 0 Å². The second-order valence-corrected chi connectivity index (χ2v) is 6.75.